The zero-order valence-corrected chi connectivity index (χ0v) is 9.62. The summed E-state index contributed by atoms with van der Waals surface area (Å²) in [5, 5.41) is 19.1. The van der Waals surface area contributed by atoms with Gasteiger partial charge in [-0.2, -0.15) is 0 Å². The van der Waals surface area contributed by atoms with Crippen LogP contribution in [0, 0.1) is 16.0 Å². The van der Waals surface area contributed by atoms with Gasteiger partial charge in [-0.1, -0.05) is 6.92 Å². The number of carbonyl (C=O) groups is 1. The molecule has 17 heavy (non-hydrogen) atoms. The number of aliphatic carboxylic acids is 1. The van der Waals surface area contributed by atoms with E-state index in [-0.39, 0.29) is 5.88 Å². The largest absolute Gasteiger partial charge is 0.481 e. The molecule has 0 saturated heterocycles. The van der Waals surface area contributed by atoms with Gasteiger partial charge in [-0.05, 0) is 13.1 Å². The average molecular weight is 242 g/mol. The fraction of sp³-hybridized carbons (Fsp3) is 0.500. The van der Waals surface area contributed by atoms with E-state index in [9.17, 15) is 14.9 Å². The van der Waals surface area contributed by atoms with Crippen molar-refractivity contribution in [2.24, 2.45) is 5.92 Å². The number of hydrogen-bond acceptors (Lipinski definition) is 5. The first-order chi connectivity index (χ1) is 7.90. The predicted molar refractivity (Wildman–Crippen MR) is 58.5 cm³/mol. The van der Waals surface area contributed by atoms with Gasteiger partial charge < -0.3 is 9.52 Å². The van der Waals surface area contributed by atoms with Crippen molar-refractivity contribution in [3.8, 4) is 0 Å². The second-order valence-corrected chi connectivity index (χ2v) is 3.93. The van der Waals surface area contributed by atoms with Crippen molar-refractivity contribution in [1.82, 2.24) is 4.90 Å². The highest BCUT2D eigenvalue weighted by Crippen LogP contribution is 2.17. The van der Waals surface area contributed by atoms with Gasteiger partial charge in [-0.3, -0.25) is 19.8 Å². The topological polar surface area (TPSA) is 96.8 Å². The molecule has 0 aromatic carbocycles. The van der Waals surface area contributed by atoms with Gasteiger partial charge in [0.2, 0.25) is 0 Å². The summed E-state index contributed by atoms with van der Waals surface area (Å²) in [5.41, 5.74) is 0. The molecular weight excluding hydrogens is 228 g/mol. The van der Waals surface area contributed by atoms with Gasteiger partial charge in [0.05, 0.1) is 18.5 Å². The third-order valence-corrected chi connectivity index (χ3v) is 2.26. The van der Waals surface area contributed by atoms with Crippen LogP contribution in [0.25, 0.3) is 0 Å². The molecule has 0 aliphatic carbocycles. The Morgan fingerprint density at radius 1 is 1.65 bits per heavy atom. The number of hydrogen-bond donors (Lipinski definition) is 1. The minimum atomic E-state index is -0.873. The van der Waals surface area contributed by atoms with Gasteiger partial charge >= 0.3 is 11.9 Å². The second kappa shape index (κ2) is 5.44. The van der Waals surface area contributed by atoms with Crippen molar-refractivity contribution >= 4 is 11.9 Å². The Bertz CT molecular complexity index is 415. The lowest BCUT2D eigenvalue weighted by molar-refractivity contribution is -0.402. The van der Waals surface area contributed by atoms with E-state index in [1.807, 2.05) is 0 Å². The summed E-state index contributed by atoms with van der Waals surface area (Å²) in [7, 11) is 1.73. The quantitative estimate of drug-likeness (QED) is 0.597. The zero-order chi connectivity index (χ0) is 13.0. The first-order valence-electron chi connectivity index (χ1n) is 5.04. The van der Waals surface area contributed by atoms with Gasteiger partial charge in [0.15, 0.2) is 0 Å². The van der Waals surface area contributed by atoms with Gasteiger partial charge in [0.25, 0.3) is 0 Å². The van der Waals surface area contributed by atoms with E-state index in [0.29, 0.717) is 18.8 Å². The Labute approximate surface area is 97.8 Å². The van der Waals surface area contributed by atoms with E-state index in [0.717, 1.165) is 0 Å². The summed E-state index contributed by atoms with van der Waals surface area (Å²) >= 11 is 0. The maximum absolute atomic E-state index is 10.6. The summed E-state index contributed by atoms with van der Waals surface area (Å²) in [6, 6.07) is 2.80. The van der Waals surface area contributed by atoms with Crippen molar-refractivity contribution < 1.29 is 19.2 Å². The number of nitro groups is 1. The molecule has 94 valence electrons. The maximum Gasteiger partial charge on any atom is 0.433 e. The highest BCUT2D eigenvalue weighted by molar-refractivity contribution is 5.69. The average Bonchev–Trinajstić information content (AvgIpc) is 2.65. The van der Waals surface area contributed by atoms with Crippen molar-refractivity contribution in [2.45, 2.75) is 13.5 Å². The Morgan fingerprint density at radius 2 is 2.29 bits per heavy atom. The van der Waals surface area contributed by atoms with Crippen LogP contribution in [0.15, 0.2) is 16.5 Å². The molecule has 1 N–H and O–H groups in total. The van der Waals surface area contributed by atoms with E-state index in [2.05, 4.69) is 0 Å². The monoisotopic (exact) mass is 242 g/mol. The molecule has 0 bridgehead atoms. The van der Waals surface area contributed by atoms with Crippen LogP contribution in [0.5, 0.6) is 0 Å². The number of furan rings is 1. The lowest BCUT2D eigenvalue weighted by Gasteiger charge is -2.17. The van der Waals surface area contributed by atoms with Gasteiger partial charge in [0.1, 0.15) is 10.7 Å². The Balaban J connectivity index is 2.53. The lowest BCUT2D eigenvalue weighted by Crippen LogP contribution is -2.28. The van der Waals surface area contributed by atoms with Crippen molar-refractivity contribution in [1.29, 1.82) is 0 Å². The summed E-state index contributed by atoms with van der Waals surface area (Å²) < 4.78 is 4.97. The van der Waals surface area contributed by atoms with E-state index in [1.54, 1.807) is 18.9 Å². The maximum atomic E-state index is 10.6. The minimum Gasteiger partial charge on any atom is -0.481 e. The minimum absolute atomic E-state index is 0.306. The Hall–Kier alpha value is -1.89. The zero-order valence-electron chi connectivity index (χ0n) is 9.62. The van der Waals surface area contributed by atoms with E-state index in [4.69, 9.17) is 9.52 Å². The van der Waals surface area contributed by atoms with Crippen LogP contribution in [0.2, 0.25) is 0 Å². The number of carboxylic acids is 1. The van der Waals surface area contributed by atoms with Gasteiger partial charge in [-0.15, -0.1) is 0 Å². The SMILES string of the molecule is CC(CN(C)Cc1ccc([N+](=O)[O-])o1)C(=O)O. The molecule has 1 heterocycles. The number of nitrogens with zero attached hydrogens (tertiary/aromatic N) is 2. The molecule has 7 heteroatoms. The highest BCUT2D eigenvalue weighted by atomic mass is 16.6. The smallest absolute Gasteiger partial charge is 0.433 e. The van der Waals surface area contributed by atoms with Crippen LogP contribution >= 0.6 is 0 Å². The molecular formula is C10H14N2O5. The van der Waals surface area contributed by atoms with Crippen molar-refractivity contribution in [3.05, 3.63) is 28.0 Å². The van der Waals surface area contributed by atoms with Crippen molar-refractivity contribution in [3.63, 3.8) is 0 Å². The predicted octanol–water partition coefficient (Wildman–Crippen LogP) is 1.34. The molecule has 7 nitrogen and oxygen atoms in total. The summed E-state index contributed by atoms with van der Waals surface area (Å²) in [5.74, 6) is -1.23. The fourth-order valence-corrected chi connectivity index (χ4v) is 1.43. The first-order valence-corrected chi connectivity index (χ1v) is 5.04. The standard InChI is InChI=1S/C10H14N2O5/c1-7(10(13)14)5-11(2)6-8-3-4-9(17-8)12(15)16/h3-4,7H,5-6H2,1-2H3,(H,13,14). The van der Waals surface area contributed by atoms with E-state index >= 15 is 0 Å². The molecule has 0 aliphatic rings. The normalized spacial score (nSPS) is 12.6. The molecule has 1 rings (SSSR count). The van der Waals surface area contributed by atoms with Crippen LogP contribution in [-0.2, 0) is 11.3 Å². The Kier molecular flexibility index (Phi) is 4.22. The highest BCUT2D eigenvalue weighted by Gasteiger charge is 2.16. The molecule has 0 amide bonds. The molecule has 1 aromatic rings. The summed E-state index contributed by atoms with van der Waals surface area (Å²) in [4.78, 5) is 22.2. The van der Waals surface area contributed by atoms with Crippen molar-refractivity contribution in [2.75, 3.05) is 13.6 Å². The molecule has 0 aliphatic heterocycles. The van der Waals surface area contributed by atoms with Crippen LogP contribution in [0.4, 0.5) is 5.88 Å². The number of carboxylic acid groups (broad SMARTS) is 1. The molecule has 1 atom stereocenters. The van der Waals surface area contributed by atoms with E-state index < -0.39 is 16.8 Å². The van der Waals surface area contributed by atoms with Gasteiger partial charge in [0, 0.05) is 6.54 Å². The first kappa shape index (κ1) is 13.2. The summed E-state index contributed by atoms with van der Waals surface area (Å²) in [6.45, 7) is 2.29. The molecule has 1 unspecified atom stereocenters. The molecule has 0 saturated carbocycles. The second-order valence-electron chi connectivity index (χ2n) is 3.93. The molecule has 0 spiro atoms. The van der Waals surface area contributed by atoms with Crippen LogP contribution in [0.3, 0.4) is 0 Å². The molecule has 1 aromatic heterocycles. The lowest BCUT2D eigenvalue weighted by atomic mass is 10.2. The van der Waals surface area contributed by atoms with Crippen LogP contribution in [0.1, 0.15) is 12.7 Å². The summed E-state index contributed by atoms with van der Waals surface area (Å²) in [6.07, 6.45) is 0. The molecule has 0 fully saturated rings. The van der Waals surface area contributed by atoms with Gasteiger partial charge in [-0.25, -0.2) is 0 Å². The van der Waals surface area contributed by atoms with Crippen LogP contribution < -0.4 is 0 Å². The van der Waals surface area contributed by atoms with E-state index in [1.165, 1.54) is 12.1 Å². The molecule has 0 radical (unpaired) electrons. The Morgan fingerprint density at radius 3 is 2.76 bits per heavy atom. The van der Waals surface area contributed by atoms with Crippen LogP contribution in [-0.4, -0.2) is 34.5 Å². The number of rotatable bonds is 6. The fourth-order valence-electron chi connectivity index (χ4n) is 1.43. The third kappa shape index (κ3) is 3.87. The third-order valence-electron chi connectivity index (χ3n) is 2.26.